The van der Waals surface area contributed by atoms with Crippen LogP contribution in [0.1, 0.15) is 33.3 Å². The normalized spacial score (nSPS) is 20.0. The first-order chi connectivity index (χ1) is 10.4. The van der Waals surface area contributed by atoms with Gasteiger partial charge in [-0.2, -0.15) is 0 Å². The molecular formula is C18H28N2O2. The lowest BCUT2D eigenvalue weighted by Crippen LogP contribution is -2.56. The van der Waals surface area contributed by atoms with Gasteiger partial charge in [0.1, 0.15) is 5.60 Å². The first kappa shape index (κ1) is 16.8. The van der Waals surface area contributed by atoms with Gasteiger partial charge >= 0.3 is 6.09 Å². The lowest BCUT2D eigenvalue weighted by molar-refractivity contribution is -0.000702. The van der Waals surface area contributed by atoms with E-state index in [0.29, 0.717) is 0 Å². The summed E-state index contributed by atoms with van der Waals surface area (Å²) in [5, 5.41) is 0. The largest absolute Gasteiger partial charge is 0.444 e. The number of ether oxygens (including phenoxy) is 1. The molecule has 0 saturated carbocycles. The minimum absolute atomic E-state index is 0.172. The zero-order chi connectivity index (χ0) is 16.2. The van der Waals surface area contributed by atoms with Crippen LogP contribution in [0.25, 0.3) is 0 Å². The Morgan fingerprint density at radius 2 is 1.91 bits per heavy atom. The molecule has 0 bridgehead atoms. The van der Waals surface area contributed by atoms with Gasteiger partial charge in [-0.25, -0.2) is 4.79 Å². The van der Waals surface area contributed by atoms with E-state index in [0.717, 1.165) is 32.6 Å². The molecule has 0 spiro atoms. The lowest BCUT2D eigenvalue weighted by atomic mass is 10.0. The minimum atomic E-state index is -0.448. The molecule has 122 valence electrons. The van der Waals surface area contributed by atoms with E-state index < -0.39 is 5.60 Å². The van der Waals surface area contributed by atoms with Crippen molar-refractivity contribution in [3.05, 3.63) is 35.9 Å². The van der Waals surface area contributed by atoms with E-state index in [1.165, 1.54) is 5.56 Å². The van der Waals surface area contributed by atoms with Crippen molar-refractivity contribution in [2.75, 3.05) is 26.2 Å². The summed E-state index contributed by atoms with van der Waals surface area (Å²) in [5.41, 5.74) is 0.815. The number of likely N-dealkylation sites (N-methyl/N-ethyl adjacent to an activating group) is 1. The SMILES string of the molecule is CCN1CCN(C(=O)OC(C)(C)C)[C@@H](Cc2ccccc2)C1. The molecule has 0 N–H and O–H groups in total. The van der Waals surface area contributed by atoms with Gasteiger partial charge in [0, 0.05) is 19.6 Å². The second kappa shape index (κ2) is 7.14. The Kier molecular flexibility index (Phi) is 5.46. The molecule has 0 aliphatic carbocycles. The van der Waals surface area contributed by atoms with Crippen LogP contribution in [-0.4, -0.2) is 53.7 Å². The summed E-state index contributed by atoms with van der Waals surface area (Å²) in [6, 6.07) is 10.5. The van der Waals surface area contributed by atoms with Crippen LogP contribution in [-0.2, 0) is 11.2 Å². The van der Waals surface area contributed by atoms with Crippen molar-refractivity contribution in [1.82, 2.24) is 9.80 Å². The number of amides is 1. The number of piperazine rings is 1. The molecule has 1 aliphatic rings. The van der Waals surface area contributed by atoms with Crippen LogP contribution in [0.2, 0.25) is 0 Å². The van der Waals surface area contributed by atoms with Gasteiger partial charge < -0.3 is 9.64 Å². The number of rotatable bonds is 3. The topological polar surface area (TPSA) is 32.8 Å². The Morgan fingerprint density at radius 3 is 2.50 bits per heavy atom. The summed E-state index contributed by atoms with van der Waals surface area (Å²) in [6.07, 6.45) is 0.681. The molecule has 4 heteroatoms. The van der Waals surface area contributed by atoms with Gasteiger partial charge in [-0.05, 0) is 39.3 Å². The average molecular weight is 304 g/mol. The third-order valence-corrected chi connectivity index (χ3v) is 3.96. The minimum Gasteiger partial charge on any atom is -0.444 e. The molecule has 1 aromatic rings. The van der Waals surface area contributed by atoms with E-state index in [4.69, 9.17) is 4.74 Å². The average Bonchev–Trinajstić information content (AvgIpc) is 2.46. The fraction of sp³-hybridized carbons (Fsp3) is 0.611. The maximum Gasteiger partial charge on any atom is 0.410 e. The second-order valence-corrected chi connectivity index (χ2v) is 6.91. The summed E-state index contributed by atoms with van der Waals surface area (Å²) in [7, 11) is 0. The van der Waals surface area contributed by atoms with E-state index in [2.05, 4.69) is 24.0 Å². The molecule has 0 aromatic heterocycles. The lowest BCUT2D eigenvalue weighted by Gasteiger charge is -2.41. The number of nitrogens with zero attached hydrogens (tertiary/aromatic N) is 2. The van der Waals surface area contributed by atoms with Gasteiger partial charge in [0.05, 0.1) is 6.04 Å². The highest BCUT2D eigenvalue weighted by Crippen LogP contribution is 2.18. The van der Waals surface area contributed by atoms with Crippen LogP contribution in [0.4, 0.5) is 4.79 Å². The van der Waals surface area contributed by atoms with Crippen molar-refractivity contribution in [2.45, 2.75) is 45.8 Å². The summed E-state index contributed by atoms with van der Waals surface area (Å²) >= 11 is 0. The number of carbonyl (C=O) groups is 1. The first-order valence-corrected chi connectivity index (χ1v) is 8.15. The van der Waals surface area contributed by atoms with Crippen LogP contribution in [0.3, 0.4) is 0 Å². The van der Waals surface area contributed by atoms with E-state index >= 15 is 0 Å². The van der Waals surface area contributed by atoms with E-state index in [1.807, 2.05) is 43.9 Å². The van der Waals surface area contributed by atoms with Crippen LogP contribution >= 0.6 is 0 Å². The standard InChI is InChI=1S/C18H28N2O2/c1-5-19-11-12-20(17(21)22-18(2,3)4)16(14-19)13-15-9-7-6-8-10-15/h6-10,16H,5,11-14H2,1-4H3/t16-/m0/s1. The van der Waals surface area contributed by atoms with Gasteiger partial charge in [-0.3, -0.25) is 4.90 Å². The van der Waals surface area contributed by atoms with E-state index in [9.17, 15) is 4.79 Å². The van der Waals surface area contributed by atoms with Gasteiger partial charge in [0.15, 0.2) is 0 Å². The number of carbonyl (C=O) groups excluding carboxylic acids is 1. The fourth-order valence-corrected chi connectivity index (χ4v) is 2.83. The number of hydrogen-bond donors (Lipinski definition) is 0. The summed E-state index contributed by atoms with van der Waals surface area (Å²) in [4.78, 5) is 16.8. The molecule has 1 amide bonds. The second-order valence-electron chi connectivity index (χ2n) is 6.91. The van der Waals surface area contributed by atoms with E-state index in [1.54, 1.807) is 0 Å². The summed E-state index contributed by atoms with van der Waals surface area (Å²) in [6.45, 7) is 11.5. The predicted molar refractivity (Wildman–Crippen MR) is 89.0 cm³/mol. The molecule has 1 aromatic carbocycles. The Labute approximate surface area is 134 Å². The van der Waals surface area contributed by atoms with Gasteiger partial charge in [0.25, 0.3) is 0 Å². The van der Waals surface area contributed by atoms with Crippen molar-refractivity contribution in [3.8, 4) is 0 Å². The highest BCUT2D eigenvalue weighted by Gasteiger charge is 2.32. The van der Waals surface area contributed by atoms with Crippen molar-refractivity contribution in [2.24, 2.45) is 0 Å². The zero-order valence-electron chi connectivity index (χ0n) is 14.2. The molecule has 0 radical (unpaired) electrons. The highest BCUT2D eigenvalue weighted by atomic mass is 16.6. The molecule has 22 heavy (non-hydrogen) atoms. The maximum atomic E-state index is 12.5. The molecule has 0 unspecified atom stereocenters. The first-order valence-electron chi connectivity index (χ1n) is 8.15. The summed E-state index contributed by atoms with van der Waals surface area (Å²) < 4.78 is 5.58. The van der Waals surface area contributed by atoms with Crippen molar-refractivity contribution in [3.63, 3.8) is 0 Å². The summed E-state index contributed by atoms with van der Waals surface area (Å²) in [5.74, 6) is 0. The van der Waals surface area contributed by atoms with Crippen LogP contribution in [0, 0.1) is 0 Å². The molecule has 1 atom stereocenters. The van der Waals surface area contributed by atoms with Crippen molar-refractivity contribution >= 4 is 6.09 Å². The van der Waals surface area contributed by atoms with Gasteiger partial charge in [-0.15, -0.1) is 0 Å². The Morgan fingerprint density at radius 1 is 1.23 bits per heavy atom. The molecule has 1 saturated heterocycles. The Balaban J connectivity index is 2.10. The monoisotopic (exact) mass is 304 g/mol. The molecule has 1 aliphatic heterocycles. The third kappa shape index (κ3) is 4.73. The Hall–Kier alpha value is -1.55. The molecule has 2 rings (SSSR count). The third-order valence-electron chi connectivity index (χ3n) is 3.96. The van der Waals surface area contributed by atoms with Crippen molar-refractivity contribution < 1.29 is 9.53 Å². The smallest absolute Gasteiger partial charge is 0.410 e. The van der Waals surface area contributed by atoms with E-state index in [-0.39, 0.29) is 12.1 Å². The number of hydrogen-bond acceptors (Lipinski definition) is 3. The zero-order valence-corrected chi connectivity index (χ0v) is 14.2. The Bertz CT molecular complexity index is 482. The molecule has 1 fully saturated rings. The van der Waals surface area contributed by atoms with Crippen molar-refractivity contribution in [1.29, 1.82) is 0 Å². The van der Waals surface area contributed by atoms with Crippen LogP contribution in [0.5, 0.6) is 0 Å². The highest BCUT2D eigenvalue weighted by molar-refractivity contribution is 5.68. The van der Waals surface area contributed by atoms with Gasteiger partial charge in [-0.1, -0.05) is 37.3 Å². The molecule has 1 heterocycles. The predicted octanol–water partition coefficient (Wildman–Crippen LogP) is 3.17. The van der Waals surface area contributed by atoms with Crippen LogP contribution < -0.4 is 0 Å². The van der Waals surface area contributed by atoms with Crippen LogP contribution in [0.15, 0.2) is 30.3 Å². The molecule has 4 nitrogen and oxygen atoms in total. The maximum absolute atomic E-state index is 12.5. The van der Waals surface area contributed by atoms with Gasteiger partial charge in [0.2, 0.25) is 0 Å². The fourth-order valence-electron chi connectivity index (χ4n) is 2.83. The quantitative estimate of drug-likeness (QED) is 0.860. The molecular weight excluding hydrogens is 276 g/mol. The number of benzene rings is 1.